The first kappa shape index (κ1) is 24.7. The molecule has 3 N–H and O–H groups in total. The van der Waals surface area contributed by atoms with Crippen molar-refractivity contribution in [2.45, 2.75) is 52.2 Å². The molecule has 0 saturated carbocycles. The molecule has 1 amide bonds. The van der Waals surface area contributed by atoms with Gasteiger partial charge < -0.3 is 20.5 Å². The van der Waals surface area contributed by atoms with Crippen molar-refractivity contribution in [2.75, 3.05) is 18.5 Å². The van der Waals surface area contributed by atoms with Crippen LogP contribution in [0.2, 0.25) is 0 Å². The molecule has 1 fully saturated rings. The summed E-state index contributed by atoms with van der Waals surface area (Å²) in [6.45, 7) is 6.38. The molecular formula is C28H31N5O4. The number of aromatic carboxylic acids is 1. The second-order valence-electron chi connectivity index (χ2n) is 9.23. The van der Waals surface area contributed by atoms with Gasteiger partial charge in [-0.1, -0.05) is 31.2 Å². The predicted molar refractivity (Wildman–Crippen MR) is 142 cm³/mol. The Labute approximate surface area is 214 Å². The molecule has 2 aromatic carbocycles. The van der Waals surface area contributed by atoms with E-state index in [4.69, 9.17) is 9.72 Å². The molecule has 1 aliphatic heterocycles. The van der Waals surface area contributed by atoms with Crippen molar-refractivity contribution in [3.05, 3.63) is 65.0 Å². The van der Waals surface area contributed by atoms with E-state index in [1.54, 1.807) is 12.1 Å². The van der Waals surface area contributed by atoms with Crippen LogP contribution in [0.25, 0.3) is 21.8 Å². The number of pyridine rings is 1. The quantitative estimate of drug-likeness (QED) is 0.328. The summed E-state index contributed by atoms with van der Waals surface area (Å²) in [6, 6.07) is 10.8. The van der Waals surface area contributed by atoms with Crippen molar-refractivity contribution in [1.29, 1.82) is 0 Å². The second kappa shape index (κ2) is 10.6. The fraction of sp³-hybridized carbons (Fsp3) is 0.357. The van der Waals surface area contributed by atoms with Crippen molar-refractivity contribution < 1.29 is 19.4 Å². The Hall–Kier alpha value is -3.98. The van der Waals surface area contributed by atoms with Crippen LogP contribution in [0.5, 0.6) is 0 Å². The van der Waals surface area contributed by atoms with E-state index < -0.39 is 11.9 Å². The molecule has 0 unspecified atom stereocenters. The lowest BCUT2D eigenvalue weighted by Crippen LogP contribution is -2.30. The summed E-state index contributed by atoms with van der Waals surface area (Å²) < 4.78 is 7.41. The number of fused-ring (bicyclic) bond motifs is 2. The highest BCUT2D eigenvalue weighted by Gasteiger charge is 2.23. The van der Waals surface area contributed by atoms with Crippen LogP contribution >= 0.6 is 0 Å². The van der Waals surface area contributed by atoms with Crippen molar-refractivity contribution in [3.63, 3.8) is 0 Å². The minimum absolute atomic E-state index is 0.0229. The number of carbonyl (C=O) groups excluding carboxylic acids is 1. The third kappa shape index (κ3) is 4.86. The fourth-order valence-electron chi connectivity index (χ4n) is 4.97. The van der Waals surface area contributed by atoms with Gasteiger partial charge in [-0.05, 0) is 49.1 Å². The average Bonchev–Trinajstić information content (AvgIpc) is 3.34. The maximum atomic E-state index is 13.4. The monoisotopic (exact) mass is 501 g/mol. The summed E-state index contributed by atoms with van der Waals surface area (Å²) in [6.07, 6.45) is 4.27. The zero-order valence-corrected chi connectivity index (χ0v) is 21.1. The van der Waals surface area contributed by atoms with Crippen LogP contribution in [-0.2, 0) is 24.2 Å². The van der Waals surface area contributed by atoms with Gasteiger partial charge in [0.2, 0.25) is 0 Å². The van der Waals surface area contributed by atoms with E-state index in [9.17, 15) is 14.7 Å². The van der Waals surface area contributed by atoms with Gasteiger partial charge in [0, 0.05) is 43.6 Å². The van der Waals surface area contributed by atoms with Gasteiger partial charge >= 0.3 is 5.97 Å². The van der Waals surface area contributed by atoms with E-state index in [0.717, 1.165) is 51.6 Å². The van der Waals surface area contributed by atoms with Crippen LogP contribution in [0.1, 0.15) is 58.7 Å². The standard InChI is InChI=1S/C28H31N5O4/c1-3-24-22(15-29-27(34)20-13-17-7-5-6-8-18(17)14-21(20)28(35)36)25(31-19-9-11-37-12-10-19)23-16-30-33(4-2)26(23)32-24/h5-8,13-14,16,19H,3-4,9-12,15H2,1-2H3,(H,29,34)(H,31,32)(H,35,36). The Morgan fingerprint density at radius 3 is 2.46 bits per heavy atom. The summed E-state index contributed by atoms with van der Waals surface area (Å²) in [5.41, 5.74) is 3.61. The zero-order chi connectivity index (χ0) is 25.9. The number of nitrogens with zero attached hydrogens (tertiary/aromatic N) is 3. The number of aromatic nitrogens is 3. The van der Waals surface area contributed by atoms with E-state index in [-0.39, 0.29) is 23.7 Å². The van der Waals surface area contributed by atoms with Crippen molar-refractivity contribution in [3.8, 4) is 0 Å². The number of hydrogen-bond acceptors (Lipinski definition) is 6. The molecule has 0 atom stereocenters. The maximum absolute atomic E-state index is 13.4. The van der Waals surface area contributed by atoms with Gasteiger partial charge in [-0.3, -0.25) is 4.79 Å². The summed E-state index contributed by atoms with van der Waals surface area (Å²) in [4.78, 5) is 30.2. The number of carboxylic acids is 1. The van der Waals surface area contributed by atoms with Crippen LogP contribution in [0, 0.1) is 0 Å². The number of anilines is 1. The Kier molecular flexibility index (Phi) is 7.05. The molecule has 0 aliphatic carbocycles. The third-order valence-electron chi connectivity index (χ3n) is 6.96. The van der Waals surface area contributed by atoms with Crippen molar-refractivity contribution >= 4 is 39.4 Å². The molecule has 2 aromatic heterocycles. The molecule has 0 bridgehead atoms. The lowest BCUT2D eigenvalue weighted by Gasteiger charge is -2.26. The molecule has 5 rings (SSSR count). The minimum Gasteiger partial charge on any atom is -0.478 e. The SMILES string of the molecule is CCc1nc2c(cnn2CC)c(NC2CCOCC2)c1CNC(=O)c1cc2ccccc2cc1C(=O)O. The van der Waals surface area contributed by atoms with Gasteiger partial charge in [-0.15, -0.1) is 0 Å². The smallest absolute Gasteiger partial charge is 0.336 e. The number of hydrogen-bond donors (Lipinski definition) is 3. The molecule has 1 saturated heterocycles. The molecule has 9 heteroatoms. The fourth-order valence-corrected chi connectivity index (χ4v) is 4.97. The second-order valence-corrected chi connectivity index (χ2v) is 9.23. The molecule has 37 heavy (non-hydrogen) atoms. The number of carboxylic acid groups (broad SMARTS) is 1. The number of rotatable bonds is 8. The van der Waals surface area contributed by atoms with Gasteiger partial charge in [0.25, 0.3) is 5.91 Å². The van der Waals surface area contributed by atoms with Crippen LogP contribution in [-0.4, -0.2) is 51.0 Å². The maximum Gasteiger partial charge on any atom is 0.336 e. The largest absolute Gasteiger partial charge is 0.478 e. The van der Waals surface area contributed by atoms with E-state index >= 15 is 0 Å². The number of aryl methyl sites for hydroxylation is 2. The molecule has 0 radical (unpaired) electrons. The Morgan fingerprint density at radius 2 is 1.81 bits per heavy atom. The average molecular weight is 502 g/mol. The third-order valence-corrected chi connectivity index (χ3v) is 6.96. The Balaban J connectivity index is 1.52. The molecule has 1 aliphatic rings. The summed E-state index contributed by atoms with van der Waals surface area (Å²) in [5, 5.41) is 23.5. The summed E-state index contributed by atoms with van der Waals surface area (Å²) >= 11 is 0. The van der Waals surface area contributed by atoms with Crippen molar-refractivity contribution in [2.24, 2.45) is 0 Å². The van der Waals surface area contributed by atoms with E-state index in [1.165, 1.54) is 0 Å². The van der Waals surface area contributed by atoms with Gasteiger partial charge in [0.1, 0.15) is 0 Å². The first-order chi connectivity index (χ1) is 18.0. The lowest BCUT2D eigenvalue weighted by molar-refractivity contribution is 0.0691. The van der Waals surface area contributed by atoms with E-state index in [1.807, 2.05) is 49.0 Å². The lowest BCUT2D eigenvalue weighted by atomic mass is 10.00. The van der Waals surface area contributed by atoms with Gasteiger partial charge in [0.05, 0.1) is 28.4 Å². The van der Waals surface area contributed by atoms with Crippen LogP contribution in [0.3, 0.4) is 0 Å². The molecule has 9 nitrogen and oxygen atoms in total. The van der Waals surface area contributed by atoms with Gasteiger partial charge in [-0.2, -0.15) is 5.10 Å². The number of ether oxygens (including phenoxy) is 1. The predicted octanol–water partition coefficient (Wildman–Crippen LogP) is 4.39. The number of carbonyl (C=O) groups is 2. The first-order valence-corrected chi connectivity index (χ1v) is 12.8. The van der Waals surface area contributed by atoms with Gasteiger partial charge in [0.15, 0.2) is 5.65 Å². The number of amides is 1. The summed E-state index contributed by atoms with van der Waals surface area (Å²) in [5.74, 6) is -1.58. The van der Waals surface area contributed by atoms with Crippen LogP contribution in [0.4, 0.5) is 5.69 Å². The molecule has 4 aromatic rings. The topological polar surface area (TPSA) is 118 Å². The minimum atomic E-state index is -1.14. The van der Waals surface area contributed by atoms with Crippen LogP contribution in [0.15, 0.2) is 42.6 Å². The molecular weight excluding hydrogens is 470 g/mol. The van der Waals surface area contributed by atoms with E-state index in [2.05, 4.69) is 15.7 Å². The molecule has 192 valence electrons. The number of nitrogens with one attached hydrogen (secondary N) is 2. The summed E-state index contributed by atoms with van der Waals surface area (Å²) in [7, 11) is 0. The normalized spacial score (nSPS) is 14.2. The highest BCUT2D eigenvalue weighted by atomic mass is 16.5. The molecule has 3 heterocycles. The highest BCUT2D eigenvalue weighted by Crippen LogP contribution is 2.31. The molecule has 0 spiro atoms. The Morgan fingerprint density at radius 1 is 1.11 bits per heavy atom. The zero-order valence-electron chi connectivity index (χ0n) is 21.1. The Bertz CT molecular complexity index is 1470. The highest BCUT2D eigenvalue weighted by molar-refractivity contribution is 6.08. The van der Waals surface area contributed by atoms with Gasteiger partial charge in [-0.25, -0.2) is 14.5 Å². The van der Waals surface area contributed by atoms with Crippen LogP contribution < -0.4 is 10.6 Å². The van der Waals surface area contributed by atoms with Crippen molar-refractivity contribution in [1.82, 2.24) is 20.1 Å². The number of benzene rings is 2. The van der Waals surface area contributed by atoms with E-state index in [0.29, 0.717) is 26.2 Å². The first-order valence-electron chi connectivity index (χ1n) is 12.8.